The van der Waals surface area contributed by atoms with Crippen LogP contribution in [0.1, 0.15) is 5.56 Å². The van der Waals surface area contributed by atoms with Crippen molar-refractivity contribution in [3.8, 4) is 5.75 Å². The molecule has 72 valence electrons. The molecule has 1 aromatic carbocycles. The maximum absolute atomic E-state index is 5.07. The summed E-state index contributed by atoms with van der Waals surface area (Å²) < 4.78 is 5.07. The van der Waals surface area contributed by atoms with Crippen molar-refractivity contribution in [1.82, 2.24) is 4.90 Å². The highest BCUT2D eigenvalue weighted by Gasteiger charge is 1.97. The molecular weight excluding hydrogens is 182 g/mol. The zero-order valence-corrected chi connectivity index (χ0v) is 8.92. The average Bonchev–Trinajstić information content (AvgIpc) is 2.19. The van der Waals surface area contributed by atoms with Crippen LogP contribution in [-0.4, -0.2) is 24.9 Å². The fraction of sp³-hybridized carbons (Fsp3) is 0.400. The van der Waals surface area contributed by atoms with Crippen LogP contribution < -0.4 is 4.74 Å². The summed E-state index contributed by atoms with van der Waals surface area (Å²) in [5.41, 5.74) is 1.28. The zero-order valence-electron chi connectivity index (χ0n) is 8.03. The van der Waals surface area contributed by atoms with E-state index in [2.05, 4.69) is 29.7 Å². The topological polar surface area (TPSA) is 12.5 Å². The SMILES string of the molecule is COc1ccc(CN(C)CS)cc1. The summed E-state index contributed by atoms with van der Waals surface area (Å²) in [6.45, 7) is 0.924. The maximum Gasteiger partial charge on any atom is 0.118 e. The van der Waals surface area contributed by atoms with Crippen molar-refractivity contribution in [3.05, 3.63) is 29.8 Å². The molecule has 0 saturated heterocycles. The van der Waals surface area contributed by atoms with Crippen LogP contribution in [-0.2, 0) is 6.54 Å². The highest BCUT2D eigenvalue weighted by molar-refractivity contribution is 7.80. The van der Waals surface area contributed by atoms with Gasteiger partial charge in [0, 0.05) is 12.4 Å². The van der Waals surface area contributed by atoms with E-state index in [0.29, 0.717) is 0 Å². The van der Waals surface area contributed by atoms with Gasteiger partial charge in [-0.1, -0.05) is 12.1 Å². The fourth-order valence-corrected chi connectivity index (χ4v) is 1.19. The molecule has 1 aromatic rings. The van der Waals surface area contributed by atoms with Gasteiger partial charge in [-0.15, -0.1) is 0 Å². The summed E-state index contributed by atoms with van der Waals surface area (Å²) in [6, 6.07) is 8.08. The highest BCUT2D eigenvalue weighted by Crippen LogP contribution is 2.12. The molecule has 0 aliphatic carbocycles. The van der Waals surface area contributed by atoms with E-state index in [1.807, 2.05) is 19.2 Å². The summed E-state index contributed by atoms with van der Waals surface area (Å²) in [5, 5.41) is 0. The van der Waals surface area contributed by atoms with E-state index in [4.69, 9.17) is 4.74 Å². The molecule has 0 amide bonds. The van der Waals surface area contributed by atoms with Gasteiger partial charge in [-0.3, -0.25) is 4.90 Å². The second kappa shape index (κ2) is 5.14. The average molecular weight is 197 g/mol. The predicted octanol–water partition coefficient (Wildman–Crippen LogP) is 2.01. The first-order chi connectivity index (χ1) is 6.26. The van der Waals surface area contributed by atoms with Gasteiger partial charge in [0.25, 0.3) is 0 Å². The Bertz CT molecular complexity index is 248. The predicted molar refractivity (Wildman–Crippen MR) is 58.3 cm³/mol. The Morgan fingerprint density at radius 3 is 2.38 bits per heavy atom. The molecule has 0 aliphatic rings. The van der Waals surface area contributed by atoms with E-state index in [0.717, 1.165) is 18.2 Å². The van der Waals surface area contributed by atoms with Gasteiger partial charge in [-0.05, 0) is 24.7 Å². The van der Waals surface area contributed by atoms with Gasteiger partial charge >= 0.3 is 0 Å². The Hall–Kier alpha value is -0.670. The number of hydrogen-bond donors (Lipinski definition) is 1. The van der Waals surface area contributed by atoms with E-state index in [-0.39, 0.29) is 0 Å². The molecule has 0 unspecified atom stereocenters. The second-order valence-electron chi connectivity index (χ2n) is 3.00. The smallest absolute Gasteiger partial charge is 0.118 e. The lowest BCUT2D eigenvalue weighted by molar-refractivity contribution is 0.386. The molecule has 0 heterocycles. The van der Waals surface area contributed by atoms with Crippen molar-refractivity contribution in [1.29, 1.82) is 0 Å². The number of rotatable bonds is 4. The van der Waals surface area contributed by atoms with Gasteiger partial charge in [0.1, 0.15) is 5.75 Å². The van der Waals surface area contributed by atoms with Crippen LogP contribution in [0.4, 0.5) is 0 Å². The molecule has 0 spiro atoms. The standard InChI is InChI=1S/C10H15NOS/c1-11(8-13)7-9-3-5-10(12-2)6-4-9/h3-6,13H,7-8H2,1-2H3. The van der Waals surface area contributed by atoms with Crippen LogP contribution in [0.2, 0.25) is 0 Å². The lowest BCUT2D eigenvalue weighted by Gasteiger charge is -2.13. The number of methoxy groups -OCH3 is 1. The minimum atomic E-state index is 0.770. The zero-order chi connectivity index (χ0) is 9.68. The first-order valence-electron chi connectivity index (χ1n) is 4.18. The van der Waals surface area contributed by atoms with Gasteiger partial charge in [-0.25, -0.2) is 0 Å². The molecule has 3 heteroatoms. The quantitative estimate of drug-likeness (QED) is 0.585. The number of benzene rings is 1. The monoisotopic (exact) mass is 197 g/mol. The van der Waals surface area contributed by atoms with E-state index < -0.39 is 0 Å². The first-order valence-corrected chi connectivity index (χ1v) is 4.82. The van der Waals surface area contributed by atoms with E-state index in [1.165, 1.54) is 5.56 Å². The van der Waals surface area contributed by atoms with Gasteiger partial charge in [0.15, 0.2) is 0 Å². The summed E-state index contributed by atoms with van der Waals surface area (Å²) >= 11 is 4.19. The summed E-state index contributed by atoms with van der Waals surface area (Å²) in [7, 11) is 3.71. The Morgan fingerprint density at radius 2 is 1.92 bits per heavy atom. The first kappa shape index (κ1) is 10.4. The van der Waals surface area contributed by atoms with Gasteiger partial charge in [0.05, 0.1) is 7.11 Å². The molecule has 1 rings (SSSR count). The third-order valence-corrected chi connectivity index (χ3v) is 2.34. The van der Waals surface area contributed by atoms with Crippen molar-refractivity contribution in [2.75, 3.05) is 20.0 Å². The van der Waals surface area contributed by atoms with Gasteiger partial charge in [-0.2, -0.15) is 12.6 Å². The Morgan fingerprint density at radius 1 is 1.31 bits per heavy atom. The van der Waals surface area contributed by atoms with Crippen molar-refractivity contribution in [2.45, 2.75) is 6.54 Å². The summed E-state index contributed by atoms with van der Waals surface area (Å²) in [4.78, 5) is 2.13. The lowest BCUT2D eigenvalue weighted by atomic mass is 10.2. The molecule has 13 heavy (non-hydrogen) atoms. The molecule has 2 nitrogen and oxygen atoms in total. The third kappa shape index (κ3) is 3.28. The third-order valence-electron chi connectivity index (χ3n) is 1.85. The number of hydrogen-bond acceptors (Lipinski definition) is 3. The Balaban J connectivity index is 2.58. The van der Waals surface area contributed by atoms with Gasteiger partial charge < -0.3 is 4.74 Å². The van der Waals surface area contributed by atoms with Crippen molar-refractivity contribution >= 4 is 12.6 Å². The van der Waals surface area contributed by atoms with E-state index in [9.17, 15) is 0 Å². The molecule has 0 fully saturated rings. The Labute approximate surface area is 84.9 Å². The molecule has 0 radical (unpaired) electrons. The van der Waals surface area contributed by atoms with E-state index in [1.54, 1.807) is 7.11 Å². The number of nitrogens with zero attached hydrogens (tertiary/aromatic N) is 1. The summed E-state index contributed by atoms with van der Waals surface area (Å²) in [5.74, 6) is 1.67. The molecule has 0 aromatic heterocycles. The molecular formula is C10H15NOS. The highest BCUT2D eigenvalue weighted by atomic mass is 32.1. The lowest BCUT2D eigenvalue weighted by Crippen LogP contribution is -2.15. The van der Waals surface area contributed by atoms with Crippen LogP contribution in [0.15, 0.2) is 24.3 Å². The minimum Gasteiger partial charge on any atom is -0.497 e. The van der Waals surface area contributed by atoms with Gasteiger partial charge in [0.2, 0.25) is 0 Å². The van der Waals surface area contributed by atoms with Crippen molar-refractivity contribution < 1.29 is 4.74 Å². The minimum absolute atomic E-state index is 0.770. The van der Waals surface area contributed by atoms with Crippen LogP contribution in [0.25, 0.3) is 0 Å². The molecule has 0 saturated carbocycles. The molecule has 0 bridgehead atoms. The number of ether oxygens (including phenoxy) is 1. The molecule has 0 aliphatic heterocycles. The summed E-state index contributed by atoms with van der Waals surface area (Å²) in [6.07, 6.45) is 0. The Kier molecular flexibility index (Phi) is 4.12. The molecule has 0 N–H and O–H groups in total. The largest absolute Gasteiger partial charge is 0.497 e. The maximum atomic E-state index is 5.07. The molecule has 0 atom stereocenters. The van der Waals surface area contributed by atoms with Crippen LogP contribution in [0.3, 0.4) is 0 Å². The van der Waals surface area contributed by atoms with Crippen molar-refractivity contribution in [3.63, 3.8) is 0 Å². The normalized spacial score (nSPS) is 10.5. The fourth-order valence-electron chi connectivity index (χ4n) is 1.09. The van der Waals surface area contributed by atoms with Crippen LogP contribution in [0, 0.1) is 0 Å². The van der Waals surface area contributed by atoms with Crippen molar-refractivity contribution in [2.24, 2.45) is 0 Å². The van der Waals surface area contributed by atoms with E-state index >= 15 is 0 Å². The second-order valence-corrected chi connectivity index (χ2v) is 3.29. The van der Waals surface area contributed by atoms with Crippen LogP contribution >= 0.6 is 12.6 Å². The van der Waals surface area contributed by atoms with Crippen LogP contribution in [0.5, 0.6) is 5.75 Å². The number of thiol groups is 1.